The van der Waals surface area contributed by atoms with E-state index in [2.05, 4.69) is 66.0 Å². The summed E-state index contributed by atoms with van der Waals surface area (Å²) in [7, 11) is 0. The van der Waals surface area contributed by atoms with Crippen molar-refractivity contribution in [2.45, 2.75) is 6.92 Å². The number of aryl methyl sites for hydroxylation is 1. The SMILES string of the molecule is Cc1ccncc1-c1cnc2[nH]nc(-c3cc4c(-c5ccsc5)cncc4[nH]3)c2c1. The average Bonchev–Trinajstić information content (AvgIpc) is 3.51. The maximum absolute atomic E-state index is 4.59. The van der Waals surface area contributed by atoms with Crippen LogP contribution >= 0.6 is 11.3 Å². The molecule has 30 heavy (non-hydrogen) atoms. The highest BCUT2D eigenvalue weighted by molar-refractivity contribution is 7.08. The van der Waals surface area contributed by atoms with Crippen LogP contribution in [0.15, 0.2) is 66.0 Å². The van der Waals surface area contributed by atoms with Crippen molar-refractivity contribution >= 4 is 33.3 Å². The fraction of sp³-hybridized carbons (Fsp3) is 0.0435. The molecule has 0 amide bonds. The standard InChI is InChI=1S/C23H16N6S/c1-13-2-4-24-9-18(13)15-6-17-22(28-29-23(17)26-8-15)20-7-16-19(14-3-5-30-12-14)10-25-11-21(16)27-20/h2-12,27H,1H3,(H,26,28,29). The summed E-state index contributed by atoms with van der Waals surface area (Å²) in [5, 5.41) is 13.9. The molecule has 6 heterocycles. The lowest BCUT2D eigenvalue weighted by atomic mass is 10.0. The van der Waals surface area contributed by atoms with E-state index in [1.807, 2.05) is 30.9 Å². The third kappa shape index (κ3) is 2.63. The molecule has 0 saturated heterocycles. The van der Waals surface area contributed by atoms with Gasteiger partial charge in [0.2, 0.25) is 0 Å². The summed E-state index contributed by atoms with van der Waals surface area (Å²) in [6, 6.07) is 8.38. The molecule has 2 N–H and O–H groups in total. The highest BCUT2D eigenvalue weighted by Crippen LogP contribution is 2.35. The second kappa shape index (κ2) is 6.60. The van der Waals surface area contributed by atoms with E-state index in [9.17, 15) is 0 Å². The van der Waals surface area contributed by atoms with Gasteiger partial charge in [-0.05, 0) is 53.1 Å². The van der Waals surface area contributed by atoms with Crippen LogP contribution in [-0.2, 0) is 0 Å². The fourth-order valence-electron chi connectivity index (χ4n) is 3.85. The first-order chi connectivity index (χ1) is 14.8. The summed E-state index contributed by atoms with van der Waals surface area (Å²) in [6.07, 6.45) is 9.30. The predicted molar refractivity (Wildman–Crippen MR) is 120 cm³/mol. The van der Waals surface area contributed by atoms with E-state index in [1.165, 1.54) is 5.56 Å². The van der Waals surface area contributed by atoms with Crippen molar-refractivity contribution in [1.82, 2.24) is 30.1 Å². The topological polar surface area (TPSA) is 83.1 Å². The molecule has 6 nitrogen and oxygen atoms in total. The zero-order chi connectivity index (χ0) is 20.1. The lowest BCUT2D eigenvalue weighted by Gasteiger charge is -2.04. The molecule has 0 bridgehead atoms. The van der Waals surface area contributed by atoms with Crippen LogP contribution in [0.3, 0.4) is 0 Å². The molecular formula is C23H16N6S. The van der Waals surface area contributed by atoms with Gasteiger partial charge in [0.15, 0.2) is 5.65 Å². The number of nitrogens with one attached hydrogen (secondary N) is 2. The van der Waals surface area contributed by atoms with E-state index >= 15 is 0 Å². The zero-order valence-corrected chi connectivity index (χ0v) is 16.9. The van der Waals surface area contributed by atoms with Crippen LogP contribution in [0.25, 0.3) is 55.6 Å². The Hall–Kier alpha value is -3.84. The Kier molecular flexibility index (Phi) is 3.75. The third-order valence-corrected chi connectivity index (χ3v) is 6.08. The minimum absolute atomic E-state index is 0.755. The highest BCUT2D eigenvalue weighted by Gasteiger charge is 2.15. The molecule has 0 fully saturated rings. The number of nitrogens with zero attached hydrogens (tertiary/aromatic N) is 4. The van der Waals surface area contributed by atoms with Crippen LogP contribution in [0.4, 0.5) is 0 Å². The van der Waals surface area contributed by atoms with Crippen molar-refractivity contribution < 1.29 is 0 Å². The van der Waals surface area contributed by atoms with E-state index in [0.717, 1.165) is 55.6 Å². The number of H-pyrrole nitrogens is 2. The molecule has 0 spiro atoms. The molecule has 6 aromatic rings. The van der Waals surface area contributed by atoms with Gasteiger partial charge in [0.1, 0.15) is 5.69 Å². The van der Waals surface area contributed by atoms with Crippen LogP contribution in [0.2, 0.25) is 0 Å². The van der Waals surface area contributed by atoms with Crippen LogP contribution in [0.1, 0.15) is 5.56 Å². The molecule has 0 aliphatic heterocycles. The molecule has 7 heteroatoms. The van der Waals surface area contributed by atoms with E-state index in [-0.39, 0.29) is 0 Å². The lowest BCUT2D eigenvalue weighted by Crippen LogP contribution is -1.87. The Bertz CT molecular complexity index is 1510. The van der Waals surface area contributed by atoms with E-state index < -0.39 is 0 Å². The Morgan fingerprint density at radius 2 is 1.83 bits per heavy atom. The van der Waals surface area contributed by atoms with Crippen LogP contribution < -0.4 is 0 Å². The summed E-state index contributed by atoms with van der Waals surface area (Å²) < 4.78 is 0. The number of hydrogen-bond donors (Lipinski definition) is 2. The number of hydrogen-bond acceptors (Lipinski definition) is 5. The van der Waals surface area contributed by atoms with Crippen LogP contribution in [-0.4, -0.2) is 30.1 Å². The maximum Gasteiger partial charge on any atom is 0.155 e. The number of rotatable bonds is 3. The summed E-state index contributed by atoms with van der Waals surface area (Å²) >= 11 is 1.68. The van der Waals surface area contributed by atoms with Gasteiger partial charge in [-0.1, -0.05) is 0 Å². The number of aromatic nitrogens is 6. The molecular weight excluding hydrogens is 392 g/mol. The van der Waals surface area contributed by atoms with Gasteiger partial charge in [-0.2, -0.15) is 16.4 Å². The normalized spacial score (nSPS) is 11.5. The maximum atomic E-state index is 4.59. The highest BCUT2D eigenvalue weighted by atomic mass is 32.1. The molecule has 0 aromatic carbocycles. The molecule has 0 atom stereocenters. The van der Waals surface area contributed by atoms with E-state index in [4.69, 9.17) is 0 Å². The summed E-state index contributed by atoms with van der Waals surface area (Å²) in [5.74, 6) is 0. The van der Waals surface area contributed by atoms with Gasteiger partial charge in [0.25, 0.3) is 0 Å². The predicted octanol–water partition coefficient (Wildman–Crippen LogP) is 5.60. The first-order valence-electron chi connectivity index (χ1n) is 9.53. The molecule has 0 saturated carbocycles. The minimum Gasteiger partial charge on any atom is -0.352 e. The minimum atomic E-state index is 0.755. The van der Waals surface area contributed by atoms with Gasteiger partial charge in [-0.25, -0.2) is 4.98 Å². The third-order valence-electron chi connectivity index (χ3n) is 5.40. The second-order valence-corrected chi connectivity index (χ2v) is 8.01. The molecule has 0 aliphatic carbocycles. The molecule has 0 unspecified atom stereocenters. The van der Waals surface area contributed by atoms with Crippen LogP contribution in [0.5, 0.6) is 0 Å². The Balaban J connectivity index is 1.53. The van der Waals surface area contributed by atoms with Crippen molar-refractivity contribution in [2.75, 3.05) is 0 Å². The summed E-state index contributed by atoms with van der Waals surface area (Å²) in [6.45, 7) is 2.08. The second-order valence-electron chi connectivity index (χ2n) is 7.23. The molecule has 0 aliphatic rings. The van der Waals surface area contributed by atoms with Gasteiger partial charge >= 0.3 is 0 Å². The summed E-state index contributed by atoms with van der Waals surface area (Å²) in [5.41, 5.74) is 9.05. The molecule has 144 valence electrons. The monoisotopic (exact) mass is 408 g/mol. The van der Waals surface area contributed by atoms with Crippen molar-refractivity contribution in [3.8, 4) is 33.6 Å². The fourth-order valence-corrected chi connectivity index (χ4v) is 4.50. The number of aromatic amines is 2. The Morgan fingerprint density at radius 3 is 2.70 bits per heavy atom. The van der Waals surface area contributed by atoms with E-state index in [0.29, 0.717) is 0 Å². The quantitative estimate of drug-likeness (QED) is 0.399. The van der Waals surface area contributed by atoms with Crippen molar-refractivity contribution in [3.05, 3.63) is 71.6 Å². The van der Waals surface area contributed by atoms with E-state index in [1.54, 1.807) is 17.5 Å². The lowest BCUT2D eigenvalue weighted by molar-refractivity contribution is 1.10. The Morgan fingerprint density at radius 1 is 0.900 bits per heavy atom. The average molecular weight is 408 g/mol. The number of fused-ring (bicyclic) bond motifs is 2. The van der Waals surface area contributed by atoms with Crippen LogP contribution in [0, 0.1) is 6.92 Å². The zero-order valence-electron chi connectivity index (χ0n) is 16.0. The molecule has 6 rings (SSSR count). The first-order valence-corrected chi connectivity index (χ1v) is 10.5. The van der Waals surface area contributed by atoms with Gasteiger partial charge in [-0.15, -0.1) is 0 Å². The van der Waals surface area contributed by atoms with Crippen molar-refractivity contribution in [1.29, 1.82) is 0 Å². The van der Waals surface area contributed by atoms with Gasteiger partial charge < -0.3 is 4.98 Å². The van der Waals surface area contributed by atoms with Crippen molar-refractivity contribution in [2.24, 2.45) is 0 Å². The van der Waals surface area contributed by atoms with Crippen molar-refractivity contribution in [3.63, 3.8) is 0 Å². The smallest absolute Gasteiger partial charge is 0.155 e. The van der Waals surface area contributed by atoms with Gasteiger partial charge in [0.05, 0.1) is 17.4 Å². The number of pyridine rings is 3. The largest absolute Gasteiger partial charge is 0.352 e. The first kappa shape index (κ1) is 17.1. The van der Waals surface area contributed by atoms with Gasteiger partial charge in [-0.3, -0.25) is 15.1 Å². The molecule has 0 radical (unpaired) electrons. The van der Waals surface area contributed by atoms with Gasteiger partial charge in [0, 0.05) is 52.3 Å². The Labute approximate surface area is 175 Å². The number of thiophene rings is 1. The molecule has 6 aromatic heterocycles. The summed E-state index contributed by atoms with van der Waals surface area (Å²) in [4.78, 5) is 16.8.